The van der Waals surface area contributed by atoms with Crippen molar-refractivity contribution in [3.05, 3.63) is 42.2 Å². The highest BCUT2D eigenvalue weighted by atomic mass is 19.1. The molecule has 3 nitrogen and oxygen atoms in total. The van der Waals surface area contributed by atoms with Gasteiger partial charge in [-0.15, -0.1) is 0 Å². The summed E-state index contributed by atoms with van der Waals surface area (Å²) < 4.78 is 17.7. The van der Waals surface area contributed by atoms with Crippen LogP contribution in [0, 0.1) is 5.82 Å². The summed E-state index contributed by atoms with van der Waals surface area (Å²) in [6.45, 7) is 0.563. The predicted molar refractivity (Wildman–Crippen MR) is 58.7 cm³/mol. The summed E-state index contributed by atoms with van der Waals surface area (Å²) in [6.07, 6.45) is 2.92. The molecule has 0 N–H and O–H groups in total. The second-order valence-electron chi connectivity index (χ2n) is 3.69. The van der Waals surface area contributed by atoms with Crippen molar-refractivity contribution in [2.75, 3.05) is 18.5 Å². The van der Waals surface area contributed by atoms with E-state index < -0.39 is 0 Å². The Kier molecular flexibility index (Phi) is 2.90. The normalized spacial score (nSPS) is 18.6. The molecule has 0 spiro atoms. The lowest BCUT2D eigenvalue weighted by molar-refractivity contribution is -0.138. The van der Waals surface area contributed by atoms with Gasteiger partial charge in [0.2, 0.25) is 0 Å². The summed E-state index contributed by atoms with van der Waals surface area (Å²) in [5, 5.41) is 0. The van der Waals surface area contributed by atoms with Crippen molar-refractivity contribution in [3.63, 3.8) is 0 Å². The van der Waals surface area contributed by atoms with Gasteiger partial charge in [-0.3, -0.25) is 0 Å². The van der Waals surface area contributed by atoms with Crippen LogP contribution in [0.4, 0.5) is 10.1 Å². The molecule has 0 unspecified atom stereocenters. The number of hydrogen-bond acceptors (Lipinski definition) is 3. The Balaban J connectivity index is 1.98. The van der Waals surface area contributed by atoms with Crippen LogP contribution in [-0.2, 0) is 9.53 Å². The summed E-state index contributed by atoms with van der Waals surface area (Å²) >= 11 is 0. The number of rotatable bonds is 3. The van der Waals surface area contributed by atoms with Gasteiger partial charge in [0.15, 0.2) is 0 Å². The van der Waals surface area contributed by atoms with Gasteiger partial charge in [-0.1, -0.05) is 0 Å². The van der Waals surface area contributed by atoms with Gasteiger partial charge >= 0.3 is 5.97 Å². The maximum absolute atomic E-state index is 12.7. The average molecular weight is 221 g/mol. The van der Waals surface area contributed by atoms with Gasteiger partial charge in [-0.25, -0.2) is 9.18 Å². The maximum atomic E-state index is 12.7. The van der Waals surface area contributed by atoms with Crippen molar-refractivity contribution in [2.45, 2.75) is 6.10 Å². The number of carbonyl (C=O) groups is 1. The van der Waals surface area contributed by atoms with Crippen molar-refractivity contribution in [1.82, 2.24) is 0 Å². The predicted octanol–water partition coefficient (Wildman–Crippen LogP) is 1.74. The largest absolute Gasteiger partial charge is 0.453 e. The molecule has 0 saturated heterocycles. The second-order valence-corrected chi connectivity index (χ2v) is 3.69. The van der Waals surface area contributed by atoms with Crippen LogP contribution in [0.2, 0.25) is 0 Å². The molecule has 0 bridgehead atoms. The van der Waals surface area contributed by atoms with E-state index in [-0.39, 0.29) is 17.9 Å². The van der Waals surface area contributed by atoms with Gasteiger partial charge in [-0.05, 0) is 30.3 Å². The molecule has 4 heteroatoms. The van der Waals surface area contributed by atoms with Crippen molar-refractivity contribution < 1.29 is 13.9 Å². The van der Waals surface area contributed by atoms with E-state index in [0.29, 0.717) is 6.54 Å². The number of hydrogen-bond donors (Lipinski definition) is 0. The molecule has 0 aliphatic carbocycles. The molecule has 2 rings (SSSR count). The van der Waals surface area contributed by atoms with E-state index in [9.17, 15) is 9.18 Å². The van der Waals surface area contributed by atoms with E-state index in [1.54, 1.807) is 18.2 Å². The van der Waals surface area contributed by atoms with Crippen LogP contribution in [0.3, 0.4) is 0 Å². The van der Waals surface area contributed by atoms with E-state index in [4.69, 9.17) is 4.74 Å². The number of benzene rings is 1. The molecule has 0 amide bonds. The van der Waals surface area contributed by atoms with Crippen molar-refractivity contribution in [2.24, 2.45) is 0 Å². The molecular formula is C12H12FNO2. The Morgan fingerprint density at radius 2 is 2.06 bits per heavy atom. The third kappa shape index (κ3) is 2.39. The number of nitrogens with zero attached hydrogens (tertiary/aromatic N) is 1. The summed E-state index contributed by atoms with van der Waals surface area (Å²) in [5.74, 6) is -0.568. The smallest absolute Gasteiger partial charge is 0.331 e. The van der Waals surface area contributed by atoms with Gasteiger partial charge in [0.05, 0.1) is 6.54 Å². The van der Waals surface area contributed by atoms with Crippen LogP contribution in [0.1, 0.15) is 0 Å². The number of carbonyl (C=O) groups excluding carboxylic acids is 1. The highest BCUT2D eigenvalue weighted by molar-refractivity contribution is 5.84. The van der Waals surface area contributed by atoms with Gasteiger partial charge in [0, 0.05) is 18.8 Å². The molecule has 0 saturated carbocycles. The second kappa shape index (κ2) is 4.35. The van der Waals surface area contributed by atoms with Crippen LogP contribution in [0.5, 0.6) is 0 Å². The number of cyclic esters (lactones) is 1. The maximum Gasteiger partial charge on any atom is 0.331 e. The summed E-state index contributed by atoms with van der Waals surface area (Å²) in [6, 6.07) is 6.19. The van der Waals surface area contributed by atoms with Gasteiger partial charge in [0.25, 0.3) is 0 Å². The fraction of sp³-hybridized carbons (Fsp3) is 0.250. The first-order valence-electron chi connectivity index (χ1n) is 5.00. The molecule has 1 aromatic carbocycles. The van der Waals surface area contributed by atoms with E-state index >= 15 is 0 Å². The molecule has 0 aromatic heterocycles. The first-order chi connectivity index (χ1) is 7.65. The quantitative estimate of drug-likeness (QED) is 0.728. The molecule has 16 heavy (non-hydrogen) atoms. The topological polar surface area (TPSA) is 29.5 Å². The lowest BCUT2D eigenvalue weighted by Crippen LogP contribution is -2.28. The molecule has 0 fully saturated rings. The Morgan fingerprint density at radius 1 is 1.38 bits per heavy atom. The van der Waals surface area contributed by atoms with Crippen molar-refractivity contribution >= 4 is 11.7 Å². The van der Waals surface area contributed by atoms with Crippen LogP contribution >= 0.6 is 0 Å². The minimum atomic E-state index is -0.308. The number of likely N-dealkylation sites (N-methyl/N-ethyl adjacent to an activating group) is 1. The number of halogens is 1. The first-order valence-corrected chi connectivity index (χ1v) is 5.00. The lowest BCUT2D eigenvalue weighted by atomic mass is 10.2. The van der Waals surface area contributed by atoms with Crippen LogP contribution < -0.4 is 4.90 Å². The zero-order valence-corrected chi connectivity index (χ0v) is 8.89. The summed E-state index contributed by atoms with van der Waals surface area (Å²) in [5.41, 5.74) is 0.887. The van der Waals surface area contributed by atoms with Crippen LogP contribution in [0.15, 0.2) is 36.4 Å². The molecule has 1 aliphatic rings. The van der Waals surface area contributed by atoms with Crippen LogP contribution in [-0.4, -0.2) is 25.7 Å². The van der Waals surface area contributed by atoms with Crippen molar-refractivity contribution in [1.29, 1.82) is 0 Å². The Morgan fingerprint density at radius 3 is 2.62 bits per heavy atom. The SMILES string of the molecule is CN(C[C@@H]1C=CC(=O)O1)c1ccc(F)cc1. The zero-order chi connectivity index (χ0) is 11.5. The third-order valence-corrected chi connectivity index (χ3v) is 2.44. The van der Waals surface area contributed by atoms with E-state index in [1.165, 1.54) is 18.2 Å². The molecule has 1 aromatic rings. The minimum absolute atomic E-state index is 0.220. The summed E-state index contributed by atoms with van der Waals surface area (Å²) in [4.78, 5) is 12.7. The highest BCUT2D eigenvalue weighted by Crippen LogP contribution is 2.15. The number of anilines is 1. The lowest BCUT2D eigenvalue weighted by Gasteiger charge is -2.21. The Hall–Kier alpha value is -1.84. The molecule has 1 atom stereocenters. The minimum Gasteiger partial charge on any atom is -0.453 e. The monoisotopic (exact) mass is 221 g/mol. The molecule has 1 aliphatic heterocycles. The van der Waals surface area contributed by atoms with Gasteiger partial charge in [-0.2, -0.15) is 0 Å². The molecule has 0 radical (unpaired) electrons. The molecule has 1 heterocycles. The van der Waals surface area contributed by atoms with Crippen molar-refractivity contribution in [3.8, 4) is 0 Å². The zero-order valence-electron chi connectivity index (χ0n) is 8.89. The van der Waals surface area contributed by atoms with E-state index in [2.05, 4.69) is 0 Å². The first kappa shape index (κ1) is 10.7. The summed E-state index contributed by atoms with van der Waals surface area (Å²) in [7, 11) is 1.87. The molecule has 84 valence electrons. The average Bonchev–Trinajstić information content (AvgIpc) is 2.65. The van der Waals surface area contributed by atoms with E-state index in [1.807, 2.05) is 11.9 Å². The Bertz CT molecular complexity index is 414. The van der Waals surface area contributed by atoms with Gasteiger partial charge < -0.3 is 9.64 Å². The fourth-order valence-electron chi connectivity index (χ4n) is 1.58. The van der Waals surface area contributed by atoms with E-state index in [0.717, 1.165) is 5.69 Å². The highest BCUT2D eigenvalue weighted by Gasteiger charge is 2.18. The number of ether oxygens (including phenoxy) is 1. The standard InChI is InChI=1S/C12H12FNO2/c1-14(8-11-6-7-12(15)16-11)10-4-2-9(13)3-5-10/h2-7,11H,8H2,1H3/t11-/m0/s1. The van der Waals surface area contributed by atoms with Crippen LogP contribution in [0.25, 0.3) is 0 Å². The number of esters is 1. The Labute approximate surface area is 93.1 Å². The van der Waals surface area contributed by atoms with Gasteiger partial charge in [0.1, 0.15) is 11.9 Å². The molecular weight excluding hydrogens is 209 g/mol. The third-order valence-electron chi connectivity index (χ3n) is 2.44. The fourth-order valence-corrected chi connectivity index (χ4v) is 1.58.